The van der Waals surface area contributed by atoms with Gasteiger partial charge >= 0.3 is 0 Å². The molecule has 37 heavy (non-hydrogen) atoms. The highest BCUT2D eigenvalue weighted by Crippen LogP contribution is 2.31. The number of benzene rings is 3. The second kappa shape index (κ2) is 12.3. The Morgan fingerprint density at radius 3 is 2.43 bits per heavy atom. The van der Waals surface area contributed by atoms with Crippen LogP contribution in [0, 0.1) is 13.8 Å². The summed E-state index contributed by atoms with van der Waals surface area (Å²) >= 11 is 25.0. The monoisotopic (exact) mass is 576 g/mol. The normalized spacial score (nSPS) is 11.9. The average molecular weight is 578 g/mol. The third kappa shape index (κ3) is 7.50. The number of hydrogen-bond donors (Lipinski definition) is 1. The van der Waals surface area contributed by atoms with Crippen LogP contribution in [0.1, 0.15) is 28.4 Å². The SMILES string of the molecule is Cc1ccc(C)c(NC(=O)C[n+]2ccn(CC(OCc3ccc(Cl)cc3Cl)c3ccc(Cl)cc3Cl)c2)c1. The molecule has 0 saturated heterocycles. The second-order valence-electron chi connectivity index (χ2n) is 8.85. The molecule has 0 spiro atoms. The standard InChI is InChI=1S/C28H25Cl4N3O2/c1-18-3-4-19(2)26(11-18)33-28(36)15-35-10-9-34(17-35)14-27(23-8-7-22(30)13-25(23)32)37-16-20-5-6-21(29)12-24(20)31/h3-13,17,27H,14-16H2,1-2H3/p+1. The smallest absolute Gasteiger partial charge is 0.266 e. The highest BCUT2D eigenvalue weighted by atomic mass is 35.5. The van der Waals surface area contributed by atoms with Crippen molar-refractivity contribution in [3.63, 3.8) is 0 Å². The maximum Gasteiger partial charge on any atom is 0.266 e. The van der Waals surface area contributed by atoms with E-state index >= 15 is 0 Å². The molecule has 0 aliphatic rings. The number of aryl methyl sites for hydroxylation is 2. The fourth-order valence-electron chi connectivity index (χ4n) is 3.89. The maximum absolute atomic E-state index is 12.7. The number of aromatic nitrogens is 2. The number of carbonyl (C=O) groups excluding carboxylic acids is 1. The summed E-state index contributed by atoms with van der Waals surface area (Å²) in [5.74, 6) is -0.109. The Kier molecular flexibility index (Phi) is 9.17. The van der Waals surface area contributed by atoms with Gasteiger partial charge in [-0.15, -0.1) is 0 Å². The molecule has 0 saturated carbocycles. The van der Waals surface area contributed by atoms with E-state index in [-0.39, 0.29) is 19.1 Å². The van der Waals surface area contributed by atoms with E-state index in [4.69, 9.17) is 51.1 Å². The molecule has 3 aromatic carbocycles. The minimum atomic E-state index is -0.402. The molecule has 0 fully saturated rings. The van der Waals surface area contributed by atoms with Gasteiger partial charge in [0.2, 0.25) is 6.33 Å². The van der Waals surface area contributed by atoms with Gasteiger partial charge in [0.1, 0.15) is 25.0 Å². The largest absolute Gasteiger partial charge is 0.365 e. The summed E-state index contributed by atoms with van der Waals surface area (Å²) < 4.78 is 10.1. The van der Waals surface area contributed by atoms with Crippen LogP contribution in [0.4, 0.5) is 5.69 Å². The molecule has 0 bridgehead atoms. The predicted molar refractivity (Wildman–Crippen MR) is 150 cm³/mol. The fourth-order valence-corrected chi connectivity index (χ4v) is 4.88. The zero-order chi connectivity index (χ0) is 26.5. The molecule has 1 heterocycles. The third-order valence-corrected chi connectivity index (χ3v) is 7.03. The van der Waals surface area contributed by atoms with Crippen LogP contribution in [-0.4, -0.2) is 10.5 Å². The number of nitrogens with one attached hydrogen (secondary N) is 1. The van der Waals surface area contributed by atoms with Crippen molar-refractivity contribution < 1.29 is 14.1 Å². The van der Waals surface area contributed by atoms with Crippen molar-refractivity contribution in [2.45, 2.75) is 39.6 Å². The zero-order valence-corrected chi connectivity index (χ0v) is 23.4. The Bertz CT molecular complexity index is 1420. The van der Waals surface area contributed by atoms with Gasteiger partial charge in [0, 0.05) is 31.3 Å². The highest BCUT2D eigenvalue weighted by Gasteiger charge is 2.21. The number of nitrogens with zero attached hydrogens (tertiary/aromatic N) is 2. The Morgan fingerprint density at radius 1 is 0.973 bits per heavy atom. The second-order valence-corrected chi connectivity index (χ2v) is 10.5. The molecule has 5 nitrogen and oxygen atoms in total. The number of ether oxygens (including phenoxy) is 1. The lowest BCUT2D eigenvalue weighted by molar-refractivity contribution is -0.683. The summed E-state index contributed by atoms with van der Waals surface area (Å²) in [6.07, 6.45) is 5.19. The van der Waals surface area contributed by atoms with Crippen LogP contribution in [0.5, 0.6) is 0 Å². The lowest BCUT2D eigenvalue weighted by Gasteiger charge is -2.19. The quantitative estimate of drug-likeness (QED) is 0.208. The molecular weight excluding hydrogens is 552 g/mol. The van der Waals surface area contributed by atoms with Crippen molar-refractivity contribution in [2.24, 2.45) is 0 Å². The van der Waals surface area contributed by atoms with Crippen molar-refractivity contribution in [3.05, 3.63) is 116 Å². The van der Waals surface area contributed by atoms with Crippen LogP contribution in [0.25, 0.3) is 0 Å². The van der Waals surface area contributed by atoms with E-state index in [1.54, 1.807) is 24.3 Å². The third-order valence-electron chi connectivity index (χ3n) is 5.88. The first-order chi connectivity index (χ1) is 17.7. The number of anilines is 1. The number of amides is 1. The Morgan fingerprint density at radius 2 is 1.70 bits per heavy atom. The van der Waals surface area contributed by atoms with Gasteiger partial charge in [-0.05, 0) is 60.9 Å². The molecular formula is C28H26Cl4N3O2+. The molecule has 1 aromatic heterocycles. The van der Waals surface area contributed by atoms with E-state index in [1.807, 2.05) is 72.0 Å². The van der Waals surface area contributed by atoms with E-state index in [2.05, 4.69) is 5.32 Å². The number of rotatable bonds is 9. The molecule has 1 atom stereocenters. The molecule has 1 unspecified atom stereocenters. The van der Waals surface area contributed by atoms with Gasteiger partial charge in [-0.1, -0.05) is 70.7 Å². The molecule has 0 aliphatic heterocycles. The van der Waals surface area contributed by atoms with E-state index in [1.165, 1.54) is 0 Å². The Balaban J connectivity index is 1.48. The van der Waals surface area contributed by atoms with Gasteiger partial charge in [0.15, 0.2) is 6.54 Å². The summed E-state index contributed by atoms with van der Waals surface area (Å²) in [7, 11) is 0. The molecule has 9 heteroatoms. The van der Waals surface area contributed by atoms with Crippen LogP contribution in [0.15, 0.2) is 73.3 Å². The van der Waals surface area contributed by atoms with Gasteiger partial charge < -0.3 is 10.1 Å². The van der Waals surface area contributed by atoms with Crippen LogP contribution < -0.4 is 9.88 Å². The van der Waals surface area contributed by atoms with E-state index < -0.39 is 6.10 Å². The van der Waals surface area contributed by atoms with Crippen molar-refractivity contribution in [1.82, 2.24) is 4.57 Å². The van der Waals surface area contributed by atoms with Gasteiger partial charge in [0.25, 0.3) is 5.91 Å². The Labute approximate surface area is 236 Å². The lowest BCUT2D eigenvalue weighted by atomic mass is 10.1. The molecule has 4 rings (SSSR count). The van der Waals surface area contributed by atoms with Crippen molar-refractivity contribution in [2.75, 3.05) is 5.32 Å². The van der Waals surface area contributed by atoms with Gasteiger partial charge in [-0.25, -0.2) is 9.13 Å². The van der Waals surface area contributed by atoms with Crippen LogP contribution in [-0.2, 0) is 29.2 Å². The number of hydrogen-bond acceptors (Lipinski definition) is 2. The summed E-state index contributed by atoms with van der Waals surface area (Å²) in [6, 6.07) is 16.6. The minimum Gasteiger partial charge on any atom is -0.365 e. The van der Waals surface area contributed by atoms with Crippen molar-refractivity contribution in [3.8, 4) is 0 Å². The lowest BCUT2D eigenvalue weighted by Crippen LogP contribution is -2.38. The summed E-state index contributed by atoms with van der Waals surface area (Å²) in [5, 5.41) is 5.13. The number of halogens is 4. The summed E-state index contributed by atoms with van der Waals surface area (Å²) in [4.78, 5) is 12.7. The zero-order valence-electron chi connectivity index (χ0n) is 20.3. The fraction of sp³-hybridized carbons (Fsp3) is 0.214. The molecule has 0 radical (unpaired) electrons. The van der Waals surface area contributed by atoms with Crippen molar-refractivity contribution in [1.29, 1.82) is 0 Å². The van der Waals surface area contributed by atoms with E-state index in [9.17, 15) is 4.79 Å². The van der Waals surface area contributed by atoms with E-state index in [0.29, 0.717) is 26.6 Å². The van der Waals surface area contributed by atoms with Crippen LogP contribution in [0.2, 0.25) is 20.1 Å². The predicted octanol–water partition coefficient (Wildman–Crippen LogP) is 7.60. The Hall–Kier alpha value is -2.54. The number of carbonyl (C=O) groups is 1. The number of imidazole rings is 1. The summed E-state index contributed by atoms with van der Waals surface area (Å²) in [6.45, 7) is 4.86. The van der Waals surface area contributed by atoms with E-state index in [0.717, 1.165) is 27.9 Å². The molecule has 0 aliphatic carbocycles. The first kappa shape index (κ1) is 27.5. The molecule has 192 valence electrons. The molecule has 1 N–H and O–H groups in total. The minimum absolute atomic E-state index is 0.109. The van der Waals surface area contributed by atoms with Crippen LogP contribution in [0.3, 0.4) is 0 Å². The topological polar surface area (TPSA) is 47.1 Å². The maximum atomic E-state index is 12.7. The van der Waals surface area contributed by atoms with Crippen LogP contribution >= 0.6 is 46.4 Å². The van der Waals surface area contributed by atoms with Gasteiger partial charge in [0.05, 0.1) is 6.61 Å². The van der Waals surface area contributed by atoms with Gasteiger partial charge in [-0.3, -0.25) is 4.79 Å². The molecule has 4 aromatic rings. The first-order valence-corrected chi connectivity index (χ1v) is 13.1. The first-order valence-electron chi connectivity index (χ1n) is 11.6. The molecule has 1 amide bonds. The van der Waals surface area contributed by atoms with Crippen molar-refractivity contribution >= 4 is 58.0 Å². The highest BCUT2D eigenvalue weighted by molar-refractivity contribution is 6.35. The van der Waals surface area contributed by atoms with Gasteiger partial charge in [-0.2, -0.15) is 0 Å². The summed E-state index contributed by atoms with van der Waals surface area (Å²) in [5.41, 5.74) is 4.53. The average Bonchev–Trinajstić information content (AvgIpc) is 3.26.